The molecule has 0 N–H and O–H groups in total. The molecule has 5 rings (SSSR count). The Kier molecular flexibility index (Phi) is 5.82. The van der Waals surface area contributed by atoms with E-state index >= 15 is 0 Å². The maximum Gasteiger partial charge on any atom is 0.232 e. The second-order valence-corrected chi connectivity index (χ2v) is 8.90. The van der Waals surface area contributed by atoms with Crippen LogP contribution < -0.4 is 9.64 Å². The zero-order chi connectivity index (χ0) is 21.2. The van der Waals surface area contributed by atoms with Crippen LogP contribution in [0.4, 0.5) is 10.3 Å². The SMILES string of the molecule is Cc1ccc(-n2c(SCc3cc(F)cc4c3OCOC4)nnc2N2CCCCC2)cc1. The van der Waals surface area contributed by atoms with Crippen LogP contribution in [-0.2, 0) is 17.1 Å². The Labute approximate surface area is 185 Å². The Morgan fingerprint density at radius 1 is 1.06 bits per heavy atom. The van der Waals surface area contributed by atoms with Gasteiger partial charge in [-0.3, -0.25) is 4.57 Å². The highest BCUT2D eigenvalue weighted by atomic mass is 32.2. The van der Waals surface area contributed by atoms with E-state index in [0.29, 0.717) is 12.4 Å². The molecule has 0 aliphatic carbocycles. The fraction of sp³-hybridized carbons (Fsp3) is 0.391. The maximum atomic E-state index is 14.1. The first-order valence-corrected chi connectivity index (χ1v) is 11.6. The largest absolute Gasteiger partial charge is 0.467 e. The summed E-state index contributed by atoms with van der Waals surface area (Å²) in [7, 11) is 0. The smallest absolute Gasteiger partial charge is 0.232 e. The minimum atomic E-state index is -0.280. The highest BCUT2D eigenvalue weighted by Crippen LogP contribution is 2.35. The molecule has 0 amide bonds. The van der Waals surface area contributed by atoms with Gasteiger partial charge in [-0.1, -0.05) is 29.5 Å². The maximum absolute atomic E-state index is 14.1. The molecule has 2 aromatic carbocycles. The number of thioether (sulfide) groups is 1. The first-order chi connectivity index (χ1) is 15.2. The lowest BCUT2D eigenvalue weighted by Gasteiger charge is -2.27. The van der Waals surface area contributed by atoms with E-state index in [1.165, 1.54) is 24.1 Å². The Bertz CT molecular complexity index is 1060. The Morgan fingerprint density at radius 3 is 2.68 bits per heavy atom. The molecular formula is C23H25FN4O2S. The molecule has 8 heteroatoms. The average Bonchev–Trinajstić information content (AvgIpc) is 3.22. The summed E-state index contributed by atoms with van der Waals surface area (Å²) in [5.41, 5.74) is 3.79. The van der Waals surface area contributed by atoms with Crippen molar-refractivity contribution in [1.82, 2.24) is 14.8 Å². The Hall–Kier alpha value is -2.58. The van der Waals surface area contributed by atoms with Crippen LogP contribution in [0.5, 0.6) is 5.75 Å². The highest BCUT2D eigenvalue weighted by molar-refractivity contribution is 7.98. The Morgan fingerprint density at radius 2 is 1.87 bits per heavy atom. The van der Waals surface area contributed by atoms with Crippen molar-refractivity contribution in [3.8, 4) is 11.4 Å². The van der Waals surface area contributed by atoms with E-state index in [1.807, 2.05) is 0 Å². The van der Waals surface area contributed by atoms with Crippen molar-refractivity contribution in [2.75, 3.05) is 24.8 Å². The van der Waals surface area contributed by atoms with Gasteiger partial charge in [0.15, 0.2) is 11.9 Å². The van der Waals surface area contributed by atoms with Gasteiger partial charge in [0, 0.05) is 30.0 Å². The molecule has 0 unspecified atom stereocenters. The molecule has 3 aromatic rings. The third-order valence-electron chi connectivity index (χ3n) is 5.66. The predicted molar refractivity (Wildman–Crippen MR) is 118 cm³/mol. The predicted octanol–water partition coefficient (Wildman–Crippen LogP) is 4.86. The van der Waals surface area contributed by atoms with Crippen LogP contribution in [-0.4, -0.2) is 34.6 Å². The van der Waals surface area contributed by atoms with Gasteiger partial charge in [-0.2, -0.15) is 0 Å². The second-order valence-electron chi connectivity index (χ2n) is 7.95. The standard InChI is InChI=1S/C23H25FN4O2S/c1-16-5-7-20(8-6-16)28-22(27-9-3-2-4-10-27)25-26-23(28)31-14-18-12-19(24)11-17-13-29-15-30-21(17)18/h5-8,11-12H,2-4,9-10,13-15H2,1H3. The van der Waals surface area contributed by atoms with Crippen LogP contribution in [0.15, 0.2) is 41.6 Å². The number of rotatable bonds is 5. The van der Waals surface area contributed by atoms with Crippen molar-refractivity contribution in [2.24, 2.45) is 0 Å². The van der Waals surface area contributed by atoms with E-state index in [9.17, 15) is 4.39 Å². The van der Waals surface area contributed by atoms with Crippen LogP contribution in [0.1, 0.15) is 36.0 Å². The van der Waals surface area contributed by atoms with Gasteiger partial charge < -0.3 is 14.4 Å². The molecule has 1 aromatic heterocycles. The van der Waals surface area contributed by atoms with Gasteiger partial charge in [-0.25, -0.2) is 4.39 Å². The van der Waals surface area contributed by atoms with Crippen LogP contribution in [0.3, 0.4) is 0 Å². The van der Waals surface area contributed by atoms with Crippen LogP contribution in [0.2, 0.25) is 0 Å². The number of piperidine rings is 1. The lowest BCUT2D eigenvalue weighted by molar-refractivity contribution is -0.0171. The number of halogens is 1. The van der Waals surface area contributed by atoms with Crippen molar-refractivity contribution < 1.29 is 13.9 Å². The van der Waals surface area contributed by atoms with E-state index < -0.39 is 0 Å². The fourth-order valence-corrected chi connectivity index (χ4v) is 4.99. The summed E-state index contributed by atoms with van der Waals surface area (Å²) in [6, 6.07) is 11.4. The third kappa shape index (κ3) is 4.27. The summed E-state index contributed by atoms with van der Waals surface area (Å²) in [6.45, 7) is 4.60. The molecule has 0 saturated carbocycles. The number of anilines is 1. The minimum Gasteiger partial charge on any atom is -0.467 e. The molecule has 1 fully saturated rings. The number of aryl methyl sites for hydroxylation is 1. The molecule has 162 valence electrons. The van der Waals surface area contributed by atoms with Gasteiger partial charge in [-0.05, 0) is 50.5 Å². The molecule has 2 aliphatic rings. The monoisotopic (exact) mass is 440 g/mol. The lowest BCUT2D eigenvalue weighted by Crippen LogP contribution is -2.31. The molecule has 2 aliphatic heterocycles. The summed E-state index contributed by atoms with van der Waals surface area (Å²) < 4.78 is 27.2. The van der Waals surface area contributed by atoms with Gasteiger partial charge >= 0.3 is 0 Å². The fourth-order valence-electron chi connectivity index (χ4n) is 4.08. The van der Waals surface area contributed by atoms with E-state index in [0.717, 1.165) is 59.6 Å². The number of fused-ring (bicyclic) bond motifs is 1. The zero-order valence-corrected chi connectivity index (χ0v) is 18.3. The molecule has 0 spiro atoms. The van der Waals surface area contributed by atoms with Gasteiger partial charge in [0.05, 0.1) is 12.3 Å². The van der Waals surface area contributed by atoms with Gasteiger partial charge in [0.25, 0.3) is 0 Å². The van der Waals surface area contributed by atoms with E-state index in [1.54, 1.807) is 11.8 Å². The highest BCUT2D eigenvalue weighted by Gasteiger charge is 2.23. The minimum absolute atomic E-state index is 0.189. The molecule has 6 nitrogen and oxygen atoms in total. The second kappa shape index (κ2) is 8.88. The first kappa shape index (κ1) is 20.3. The molecule has 0 bridgehead atoms. The summed E-state index contributed by atoms with van der Waals surface area (Å²) >= 11 is 1.54. The van der Waals surface area contributed by atoms with Gasteiger partial charge in [0.2, 0.25) is 5.95 Å². The quantitative estimate of drug-likeness (QED) is 0.528. The van der Waals surface area contributed by atoms with E-state index in [4.69, 9.17) is 9.47 Å². The molecular weight excluding hydrogens is 415 g/mol. The number of ether oxygens (including phenoxy) is 2. The number of hydrogen-bond acceptors (Lipinski definition) is 6. The van der Waals surface area contributed by atoms with Crippen LogP contribution >= 0.6 is 11.8 Å². The molecule has 0 atom stereocenters. The summed E-state index contributed by atoms with van der Waals surface area (Å²) in [4.78, 5) is 2.31. The van der Waals surface area contributed by atoms with Crippen molar-refractivity contribution in [3.05, 3.63) is 58.9 Å². The lowest BCUT2D eigenvalue weighted by atomic mass is 10.1. The van der Waals surface area contributed by atoms with Crippen molar-refractivity contribution in [3.63, 3.8) is 0 Å². The Balaban J connectivity index is 1.47. The summed E-state index contributed by atoms with van der Waals surface area (Å²) in [5, 5.41) is 9.85. The van der Waals surface area contributed by atoms with Gasteiger partial charge in [0.1, 0.15) is 11.6 Å². The third-order valence-corrected chi connectivity index (χ3v) is 6.63. The molecule has 31 heavy (non-hydrogen) atoms. The van der Waals surface area contributed by atoms with Crippen LogP contribution in [0.25, 0.3) is 5.69 Å². The molecule has 0 radical (unpaired) electrons. The van der Waals surface area contributed by atoms with Crippen LogP contribution in [0, 0.1) is 12.7 Å². The van der Waals surface area contributed by atoms with Crippen molar-refractivity contribution >= 4 is 17.7 Å². The zero-order valence-electron chi connectivity index (χ0n) is 17.5. The number of benzene rings is 2. The number of aromatic nitrogens is 3. The average molecular weight is 441 g/mol. The number of hydrogen-bond donors (Lipinski definition) is 0. The van der Waals surface area contributed by atoms with Crippen molar-refractivity contribution in [2.45, 2.75) is 43.7 Å². The summed E-state index contributed by atoms with van der Waals surface area (Å²) in [6.07, 6.45) is 3.58. The normalized spacial score (nSPS) is 16.1. The number of nitrogens with zero attached hydrogens (tertiary/aromatic N) is 4. The van der Waals surface area contributed by atoms with E-state index in [2.05, 4.69) is 50.9 Å². The topological polar surface area (TPSA) is 52.4 Å². The van der Waals surface area contributed by atoms with Gasteiger partial charge in [-0.15, -0.1) is 10.2 Å². The molecule has 1 saturated heterocycles. The first-order valence-electron chi connectivity index (χ1n) is 10.6. The van der Waals surface area contributed by atoms with E-state index in [-0.39, 0.29) is 12.6 Å². The molecule has 3 heterocycles. The summed E-state index contributed by atoms with van der Waals surface area (Å²) in [5.74, 6) is 1.84. The van der Waals surface area contributed by atoms with Crippen molar-refractivity contribution in [1.29, 1.82) is 0 Å².